The molecule has 0 unspecified atom stereocenters. The minimum Gasteiger partial charge on any atom is -0.384 e. The predicted molar refractivity (Wildman–Crippen MR) is 57.1 cm³/mol. The molecule has 0 fully saturated rings. The van der Waals surface area contributed by atoms with Crippen molar-refractivity contribution in [3.8, 4) is 11.4 Å². The number of aryl methyl sites for hydroxylation is 2. The fraction of sp³-hybridized carbons (Fsp3) is 0.250. The van der Waals surface area contributed by atoms with Gasteiger partial charge in [0, 0.05) is 26.4 Å². The van der Waals surface area contributed by atoms with Crippen LogP contribution in [0.3, 0.4) is 0 Å². The van der Waals surface area contributed by atoms with Crippen LogP contribution in [0, 0.1) is 0 Å². The highest BCUT2D eigenvalue weighted by molar-refractivity contribution is 5.85. The van der Waals surface area contributed by atoms with Gasteiger partial charge in [-0.3, -0.25) is 9.36 Å². The molecule has 2 aromatic rings. The van der Waals surface area contributed by atoms with Crippen LogP contribution >= 0.6 is 12.4 Å². The molecule has 0 spiro atoms. The van der Waals surface area contributed by atoms with Gasteiger partial charge in [-0.15, -0.1) is 12.4 Å². The lowest BCUT2D eigenvalue weighted by molar-refractivity contribution is 0.754. The van der Waals surface area contributed by atoms with Gasteiger partial charge in [-0.05, 0) is 6.07 Å². The van der Waals surface area contributed by atoms with Crippen molar-refractivity contribution in [2.75, 3.05) is 5.73 Å². The van der Waals surface area contributed by atoms with Gasteiger partial charge < -0.3 is 5.73 Å². The van der Waals surface area contributed by atoms with Crippen LogP contribution in [0.25, 0.3) is 11.4 Å². The Morgan fingerprint density at radius 2 is 2.00 bits per heavy atom. The van der Waals surface area contributed by atoms with Crippen LogP contribution in [-0.2, 0) is 14.1 Å². The average molecular weight is 214 g/mol. The van der Waals surface area contributed by atoms with Crippen LogP contribution < -0.4 is 5.73 Å². The Balaban J connectivity index is 0.000000980. The van der Waals surface area contributed by atoms with Gasteiger partial charge in [0.1, 0.15) is 11.5 Å². The van der Waals surface area contributed by atoms with Gasteiger partial charge in [0.2, 0.25) is 0 Å². The number of rotatable bonds is 1. The first-order valence-corrected chi connectivity index (χ1v) is 3.96. The van der Waals surface area contributed by atoms with E-state index < -0.39 is 0 Å². The second-order valence-electron chi connectivity index (χ2n) is 2.92. The standard InChI is InChI=1S/C8H11N5.ClH/c1-12-7(3-4-10-12)6-5-8(9)13(2)11-6;/h3-5H,9H2,1-2H3;1H. The number of hydrogen-bond donors (Lipinski definition) is 1. The summed E-state index contributed by atoms with van der Waals surface area (Å²) in [6, 6.07) is 3.73. The van der Waals surface area contributed by atoms with Crippen molar-refractivity contribution in [2.45, 2.75) is 0 Å². The summed E-state index contributed by atoms with van der Waals surface area (Å²) in [7, 11) is 3.69. The Morgan fingerprint density at radius 1 is 1.29 bits per heavy atom. The van der Waals surface area contributed by atoms with E-state index in [4.69, 9.17) is 5.73 Å². The average Bonchev–Trinajstić information content (AvgIpc) is 2.60. The molecule has 2 rings (SSSR count). The van der Waals surface area contributed by atoms with Crippen LogP contribution in [0.15, 0.2) is 18.3 Å². The Labute approximate surface area is 87.9 Å². The van der Waals surface area contributed by atoms with Crippen LogP contribution in [0.4, 0.5) is 5.82 Å². The molecule has 2 heterocycles. The van der Waals surface area contributed by atoms with Gasteiger partial charge in [0.25, 0.3) is 0 Å². The number of nitrogens with two attached hydrogens (primary N) is 1. The maximum atomic E-state index is 5.67. The third-order valence-corrected chi connectivity index (χ3v) is 2.00. The van der Waals surface area contributed by atoms with E-state index in [0.29, 0.717) is 5.82 Å². The monoisotopic (exact) mass is 213 g/mol. The molecule has 0 saturated carbocycles. The van der Waals surface area contributed by atoms with E-state index in [-0.39, 0.29) is 12.4 Å². The van der Waals surface area contributed by atoms with E-state index in [9.17, 15) is 0 Å². The van der Waals surface area contributed by atoms with Crippen LogP contribution in [0.2, 0.25) is 0 Å². The highest BCUT2D eigenvalue weighted by Crippen LogP contribution is 2.17. The molecule has 2 aromatic heterocycles. The Morgan fingerprint density at radius 3 is 2.43 bits per heavy atom. The smallest absolute Gasteiger partial charge is 0.122 e. The molecule has 0 radical (unpaired) electrons. The number of halogens is 1. The molecule has 0 bridgehead atoms. The Bertz CT molecular complexity index is 411. The molecule has 0 atom stereocenters. The summed E-state index contributed by atoms with van der Waals surface area (Å²) < 4.78 is 3.41. The predicted octanol–water partition coefficient (Wildman–Crippen LogP) is 0.825. The van der Waals surface area contributed by atoms with Crippen molar-refractivity contribution in [2.24, 2.45) is 14.1 Å². The van der Waals surface area contributed by atoms with Gasteiger partial charge in [-0.25, -0.2) is 0 Å². The van der Waals surface area contributed by atoms with E-state index in [2.05, 4.69) is 10.2 Å². The SMILES string of the molecule is Cl.Cn1nc(-c2ccnn2C)cc1N. The summed E-state index contributed by atoms with van der Waals surface area (Å²) in [5, 5.41) is 8.30. The van der Waals surface area contributed by atoms with Gasteiger partial charge in [0.15, 0.2) is 0 Å². The minimum atomic E-state index is 0. The molecule has 14 heavy (non-hydrogen) atoms. The first-order valence-electron chi connectivity index (χ1n) is 3.96. The van der Waals surface area contributed by atoms with Gasteiger partial charge in [-0.2, -0.15) is 10.2 Å². The van der Waals surface area contributed by atoms with E-state index in [1.807, 2.05) is 26.2 Å². The Kier molecular flexibility index (Phi) is 2.81. The van der Waals surface area contributed by atoms with Crippen molar-refractivity contribution >= 4 is 18.2 Å². The number of anilines is 1. The van der Waals surface area contributed by atoms with Crippen molar-refractivity contribution < 1.29 is 0 Å². The Hall–Kier alpha value is -1.49. The number of aromatic nitrogens is 4. The molecule has 0 aliphatic rings. The third-order valence-electron chi connectivity index (χ3n) is 2.00. The van der Waals surface area contributed by atoms with E-state index in [1.54, 1.807) is 15.6 Å². The molecule has 5 nitrogen and oxygen atoms in total. The zero-order valence-electron chi connectivity index (χ0n) is 8.01. The lowest BCUT2D eigenvalue weighted by Crippen LogP contribution is -1.97. The molecule has 0 aliphatic carbocycles. The lowest BCUT2D eigenvalue weighted by atomic mass is 10.3. The fourth-order valence-corrected chi connectivity index (χ4v) is 1.23. The first-order chi connectivity index (χ1) is 6.18. The number of nitrogen functional groups attached to an aromatic ring is 1. The van der Waals surface area contributed by atoms with Crippen molar-refractivity contribution in [3.05, 3.63) is 18.3 Å². The molecule has 0 saturated heterocycles. The maximum absolute atomic E-state index is 5.67. The fourth-order valence-electron chi connectivity index (χ4n) is 1.23. The molecular formula is C8H12ClN5. The van der Waals surface area contributed by atoms with Crippen LogP contribution in [0.1, 0.15) is 0 Å². The summed E-state index contributed by atoms with van der Waals surface area (Å²) in [5.74, 6) is 0.649. The first kappa shape index (κ1) is 10.6. The van der Waals surface area contributed by atoms with Gasteiger partial charge in [0.05, 0.1) is 5.69 Å². The summed E-state index contributed by atoms with van der Waals surface area (Å²) in [5.41, 5.74) is 7.48. The molecule has 2 N–H and O–H groups in total. The maximum Gasteiger partial charge on any atom is 0.122 e. The topological polar surface area (TPSA) is 61.7 Å². The zero-order valence-corrected chi connectivity index (χ0v) is 8.82. The number of nitrogens with zero attached hydrogens (tertiary/aromatic N) is 4. The van der Waals surface area contributed by atoms with Crippen molar-refractivity contribution in [1.29, 1.82) is 0 Å². The molecular weight excluding hydrogens is 202 g/mol. The normalized spacial score (nSPS) is 9.86. The zero-order chi connectivity index (χ0) is 9.42. The van der Waals surface area contributed by atoms with Gasteiger partial charge in [-0.1, -0.05) is 0 Å². The largest absolute Gasteiger partial charge is 0.384 e. The van der Waals surface area contributed by atoms with E-state index in [0.717, 1.165) is 11.4 Å². The van der Waals surface area contributed by atoms with Crippen molar-refractivity contribution in [3.63, 3.8) is 0 Å². The molecule has 0 amide bonds. The van der Waals surface area contributed by atoms with Gasteiger partial charge >= 0.3 is 0 Å². The number of hydrogen-bond acceptors (Lipinski definition) is 3. The summed E-state index contributed by atoms with van der Waals surface area (Å²) in [4.78, 5) is 0. The summed E-state index contributed by atoms with van der Waals surface area (Å²) >= 11 is 0. The van der Waals surface area contributed by atoms with Crippen LogP contribution in [0.5, 0.6) is 0 Å². The second-order valence-corrected chi connectivity index (χ2v) is 2.92. The second kappa shape index (κ2) is 3.71. The third kappa shape index (κ3) is 1.58. The van der Waals surface area contributed by atoms with E-state index >= 15 is 0 Å². The minimum absolute atomic E-state index is 0. The van der Waals surface area contributed by atoms with E-state index in [1.165, 1.54) is 0 Å². The quantitative estimate of drug-likeness (QED) is 0.763. The summed E-state index contributed by atoms with van der Waals surface area (Å²) in [6.07, 6.45) is 1.74. The molecule has 0 aliphatic heterocycles. The summed E-state index contributed by atoms with van der Waals surface area (Å²) in [6.45, 7) is 0. The highest BCUT2D eigenvalue weighted by Gasteiger charge is 2.07. The molecule has 76 valence electrons. The van der Waals surface area contributed by atoms with Crippen molar-refractivity contribution in [1.82, 2.24) is 19.6 Å². The lowest BCUT2D eigenvalue weighted by Gasteiger charge is -1.95. The molecule has 0 aromatic carbocycles. The molecule has 6 heteroatoms. The highest BCUT2D eigenvalue weighted by atomic mass is 35.5. The van der Waals surface area contributed by atoms with Crippen LogP contribution in [-0.4, -0.2) is 19.6 Å².